The maximum atomic E-state index is 5.88. The molecule has 0 bridgehead atoms. The van der Waals surface area contributed by atoms with Crippen molar-refractivity contribution in [2.45, 2.75) is 0 Å². The van der Waals surface area contributed by atoms with Crippen LogP contribution in [0.1, 0.15) is 5.56 Å². The first kappa shape index (κ1) is 10.1. The van der Waals surface area contributed by atoms with E-state index in [1.807, 2.05) is 12.1 Å². The summed E-state index contributed by atoms with van der Waals surface area (Å²) in [5.41, 5.74) is 0.909. The molecule has 74 valence electrons. The molecule has 14 heavy (non-hydrogen) atoms. The predicted octanol–water partition coefficient (Wildman–Crippen LogP) is 3.42. The second-order valence-corrected chi connectivity index (χ2v) is 4.69. The fourth-order valence-electron chi connectivity index (χ4n) is 1.12. The first-order chi connectivity index (χ1) is 6.75. The van der Waals surface area contributed by atoms with Crippen LogP contribution in [-0.2, 0) is 4.84 Å². The Kier molecular flexibility index (Phi) is 3.21. The Morgan fingerprint density at radius 1 is 1.21 bits per heavy atom. The van der Waals surface area contributed by atoms with E-state index in [2.05, 4.69) is 5.16 Å². The molecule has 0 saturated carbocycles. The molecule has 0 atom stereocenters. The maximum Gasteiger partial charge on any atom is 0.143 e. The van der Waals surface area contributed by atoms with Crippen molar-refractivity contribution in [1.82, 2.24) is 0 Å². The molecule has 0 saturated heterocycles. The molecule has 2 nitrogen and oxygen atoms in total. The minimum absolute atomic E-state index is 0.612. The molecule has 2 rings (SSSR count). The Bertz CT molecular complexity index is 361. The summed E-state index contributed by atoms with van der Waals surface area (Å²) < 4.78 is 0. The molecule has 0 spiro atoms. The highest BCUT2D eigenvalue weighted by atomic mass is 35.5. The van der Waals surface area contributed by atoms with Gasteiger partial charge >= 0.3 is 0 Å². The average Bonchev–Trinajstić information content (AvgIpc) is 2.18. The molecule has 1 aromatic carbocycles. The minimum Gasteiger partial charge on any atom is -0.394 e. The summed E-state index contributed by atoms with van der Waals surface area (Å²) in [5, 5.41) is 6.00. The summed E-state index contributed by atoms with van der Waals surface area (Å²) in [7, 11) is 0. The Labute approximate surface area is 96.2 Å². The lowest BCUT2D eigenvalue weighted by Crippen LogP contribution is -2.07. The standard InChI is InChI=1S/C9H7Cl2NOS/c10-7-3-6(4-8(11)5-7)9-12-13-1-2-14-9/h3-5H,1-2H2. The van der Waals surface area contributed by atoms with Crippen LogP contribution in [0.5, 0.6) is 0 Å². The van der Waals surface area contributed by atoms with E-state index in [0.29, 0.717) is 16.7 Å². The van der Waals surface area contributed by atoms with Gasteiger partial charge in [0.15, 0.2) is 0 Å². The highest BCUT2D eigenvalue weighted by Gasteiger charge is 2.11. The number of benzene rings is 1. The number of nitrogens with zero attached hydrogens (tertiary/aromatic N) is 1. The molecule has 0 aliphatic carbocycles. The summed E-state index contributed by atoms with van der Waals surface area (Å²) in [6.45, 7) is 0.655. The van der Waals surface area contributed by atoms with Gasteiger partial charge in [-0.15, -0.1) is 0 Å². The number of halogens is 2. The summed E-state index contributed by atoms with van der Waals surface area (Å²) in [6.07, 6.45) is 0. The average molecular weight is 248 g/mol. The van der Waals surface area contributed by atoms with Crippen molar-refractivity contribution >= 4 is 40.0 Å². The lowest BCUT2D eigenvalue weighted by molar-refractivity contribution is 0.160. The van der Waals surface area contributed by atoms with Crippen LogP contribution in [0.2, 0.25) is 10.0 Å². The molecule has 0 N–H and O–H groups in total. The smallest absolute Gasteiger partial charge is 0.143 e. The van der Waals surface area contributed by atoms with E-state index in [9.17, 15) is 0 Å². The first-order valence-electron chi connectivity index (χ1n) is 4.05. The van der Waals surface area contributed by atoms with Crippen LogP contribution in [0.4, 0.5) is 0 Å². The van der Waals surface area contributed by atoms with Crippen LogP contribution >= 0.6 is 35.0 Å². The Balaban J connectivity index is 2.35. The van der Waals surface area contributed by atoms with Gasteiger partial charge in [0.05, 0.1) is 0 Å². The van der Waals surface area contributed by atoms with Crippen molar-refractivity contribution in [3.8, 4) is 0 Å². The van der Waals surface area contributed by atoms with E-state index in [0.717, 1.165) is 16.4 Å². The third-order valence-electron chi connectivity index (χ3n) is 1.67. The van der Waals surface area contributed by atoms with Crippen molar-refractivity contribution in [3.63, 3.8) is 0 Å². The van der Waals surface area contributed by atoms with E-state index < -0.39 is 0 Å². The van der Waals surface area contributed by atoms with Crippen LogP contribution in [0.3, 0.4) is 0 Å². The molecule has 0 fully saturated rings. The topological polar surface area (TPSA) is 21.6 Å². The van der Waals surface area contributed by atoms with Crippen LogP contribution in [0.25, 0.3) is 0 Å². The van der Waals surface area contributed by atoms with Crippen LogP contribution < -0.4 is 0 Å². The van der Waals surface area contributed by atoms with Gasteiger partial charge in [-0.25, -0.2) is 0 Å². The van der Waals surface area contributed by atoms with E-state index in [-0.39, 0.29) is 0 Å². The van der Waals surface area contributed by atoms with Gasteiger partial charge in [0, 0.05) is 21.4 Å². The lowest BCUT2D eigenvalue weighted by atomic mass is 10.2. The third kappa shape index (κ3) is 2.35. The van der Waals surface area contributed by atoms with E-state index in [4.69, 9.17) is 28.0 Å². The molecule has 1 aliphatic heterocycles. The van der Waals surface area contributed by atoms with Gasteiger partial charge in [0.1, 0.15) is 11.7 Å². The fraction of sp³-hybridized carbons (Fsp3) is 0.222. The molecule has 5 heteroatoms. The van der Waals surface area contributed by atoms with Gasteiger partial charge in [-0.3, -0.25) is 0 Å². The molecule has 1 aromatic rings. The van der Waals surface area contributed by atoms with Crippen LogP contribution in [0.15, 0.2) is 23.4 Å². The molecule has 1 aliphatic rings. The lowest BCUT2D eigenvalue weighted by Gasteiger charge is -2.11. The molecular weight excluding hydrogens is 241 g/mol. The Morgan fingerprint density at radius 2 is 1.93 bits per heavy atom. The van der Waals surface area contributed by atoms with Crippen LogP contribution in [0, 0.1) is 0 Å². The van der Waals surface area contributed by atoms with Gasteiger partial charge in [-0.05, 0) is 18.2 Å². The number of thioether (sulfide) groups is 1. The largest absolute Gasteiger partial charge is 0.394 e. The summed E-state index contributed by atoms with van der Waals surface area (Å²) in [6, 6.07) is 5.35. The molecule has 0 unspecified atom stereocenters. The van der Waals surface area contributed by atoms with E-state index in [1.54, 1.807) is 17.8 Å². The van der Waals surface area contributed by atoms with Gasteiger partial charge in [0.2, 0.25) is 0 Å². The van der Waals surface area contributed by atoms with Crippen molar-refractivity contribution < 1.29 is 4.84 Å². The molecule has 0 radical (unpaired) electrons. The highest BCUT2D eigenvalue weighted by molar-refractivity contribution is 8.14. The van der Waals surface area contributed by atoms with E-state index in [1.165, 1.54) is 0 Å². The van der Waals surface area contributed by atoms with Crippen molar-refractivity contribution in [2.75, 3.05) is 12.4 Å². The number of rotatable bonds is 1. The van der Waals surface area contributed by atoms with Crippen molar-refractivity contribution in [1.29, 1.82) is 0 Å². The van der Waals surface area contributed by atoms with Gasteiger partial charge < -0.3 is 4.84 Å². The molecular formula is C9H7Cl2NOS. The second-order valence-electron chi connectivity index (χ2n) is 2.74. The molecule has 0 aromatic heterocycles. The Morgan fingerprint density at radius 3 is 2.50 bits per heavy atom. The molecule has 1 heterocycles. The maximum absolute atomic E-state index is 5.88. The van der Waals surface area contributed by atoms with Gasteiger partial charge in [0.25, 0.3) is 0 Å². The second kappa shape index (κ2) is 4.43. The fourth-order valence-corrected chi connectivity index (χ4v) is 2.39. The summed E-state index contributed by atoms with van der Waals surface area (Å²) >= 11 is 13.4. The number of oxime groups is 1. The first-order valence-corrected chi connectivity index (χ1v) is 5.79. The Hall–Kier alpha value is -0.380. The van der Waals surface area contributed by atoms with E-state index >= 15 is 0 Å². The third-order valence-corrected chi connectivity index (χ3v) is 3.06. The SMILES string of the molecule is Clc1cc(Cl)cc(C2=NOCCS2)c1. The normalized spacial score (nSPS) is 16.0. The zero-order valence-electron chi connectivity index (χ0n) is 7.17. The molecule has 0 amide bonds. The van der Waals surface area contributed by atoms with Gasteiger partial charge in [-0.2, -0.15) is 0 Å². The van der Waals surface area contributed by atoms with Gasteiger partial charge in [-0.1, -0.05) is 40.1 Å². The zero-order chi connectivity index (χ0) is 9.97. The van der Waals surface area contributed by atoms with Crippen molar-refractivity contribution in [3.05, 3.63) is 33.8 Å². The monoisotopic (exact) mass is 247 g/mol. The van der Waals surface area contributed by atoms with Crippen molar-refractivity contribution in [2.24, 2.45) is 5.16 Å². The minimum atomic E-state index is 0.612. The quantitative estimate of drug-likeness (QED) is 0.759. The summed E-state index contributed by atoms with van der Waals surface area (Å²) in [4.78, 5) is 5.00. The number of hydrogen-bond acceptors (Lipinski definition) is 3. The zero-order valence-corrected chi connectivity index (χ0v) is 9.49. The van der Waals surface area contributed by atoms with Crippen LogP contribution in [-0.4, -0.2) is 17.4 Å². The number of hydrogen-bond donors (Lipinski definition) is 0. The summed E-state index contributed by atoms with van der Waals surface area (Å²) in [5.74, 6) is 0.906. The highest BCUT2D eigenvalue weighted by Crippen LogP contribution is 2.24. The predicted molar refractivity (Wildman–Crippen MR) is 61.4 cm³/mol.